The standard InChI is InChI=1S/C27H33N7O4S/c1-20(35)33-16-18-34(19-17-33)26(36)22-4-8-23(9-5-22)30-27-28-13-12-25(31-27)21-6-10-24(11-7-21)39(37,38)29-14-15-32(2)3/h4-13,29H,14-19H2,1-3H3,(H,28,30,31). The van der Waals surface area contributed by atoms with Gasteiger partial charge in [0, 0.05) is 69.2 Å². The van der Waals surface area contributed by atoms with Crippen molar-refractivity contribution in [1.29, 1.82) is 0 Å². The molecule has 206 valence electrons. The maximum atomic E-state index is 12.8. The first kappa shape index (κ1) is 28.1. The van der Waals surface area contributed by atoms with Crippen molar-refractivity contribution in [1.82, 2.24) is 29.4 Å². The molecule has 3 aromatic rings. The number of carbonyl (C=O) groups excluding carboxylic acids is 2. The van der Waals surface area contributed by atoms with Gasteiger partial charge in [0.15, 0.2) is 0 Å². The zero-order valence-corrected chi connectivity index (χ0v) is 23.1. The summed E-state index contributed by atoms with van der Waals surface area (Å²) in [6, 6.07) is 15.4. The van der Waals surface area contributed by atoms with Gasteiger partial charge in [-0.05, 0) is 56.6 Å². The van der Waals surface area contributed by atoms with E-state index in [1.165, 1.54) is 6.92 Å². The maximum Gasteiger partial charge on any atom is 0.253 e. The molecule has 1 aliphatic heterocycles. The van der Waals surface area contributed by atoms with Crippen LogP contribution in [0.25, 0.3) is 11.3 Å². The molecule has 11 nitrogen and oxygen atoms in total. The van der Waals surface area contributed by atoms with Gasteiger partial charge in [0.05, 0.1) is 10.6 Å². The molecule has 1 fully saturated rings. The van der Waals surface area contributed by atoms with Crippen molar-refractivity contribution in [2.45, 2.75) is 11.8 Å². The highest BCUT2D eigenvalue weighted by Gasteiger charge is 2.23. The first-order valence-corrected chi connectivity index (χ1v) is 14.1. The van der Waals surface area contributed by atoms with E-state index in [2.05, 4.69) is 20.0 Å². The van der Waals surface area contributed by atoms with Gasteiger partial charge in [0.25, 0.3) is 5.91 Å². The highest BCUT2D eigenvalue weighted by atomic mass is 32.2. The van der Waals surface area contributed by atoms with Crippen molar-refractivity contribution in [3.63, 3.8) is 0 Å². The molecule has 4 rings (SSSR count). The van der Waals surface area contributed by atoms with E-state index in [-0.39, 0.29) is 16.7 Å². The molecule has 2 amide bonds. The average molecular weight is 552 g/mol. The van der Waals surface area contributed by atoms with Crippen LogP contribution in [0.4, 0.5) is 11.6 Å². The van der Waals surface area contributed by atoms with Crippen LogP contribution in [-0.4, -0.2) is 98.3 Å². The molecular formula is C27H33N7O4S. The van der Waals surface area contributed by atoms with Crippen LogP contribution in [0.5, 0.6) is 0 Å². The Bertz CT molecular complexity index is 1400. The molecule has 0 aliphatic carbocycles. The van der Waals surface area contributed by atoms with Crippen molar-refractivity contribution in [3.8, 4) is 11.3 Å². The van der Waals surface area contributed by atoms with E-state index in [0.29, 0.717) is 56.5 Å². The summed E-state index contributed by atoms with van der Waals surface area (Å²) < 4.78 is 27.6. The molecule has 0 saturated carbocycles. The van der Waals surface area contributed by atoms with Gasteiger partial charge in [-0.15, -0.1) is 0 Å². The summed E-state index contributed by atoms with van der Waals surface area (Å²) in [6.45, 7) is 4.58. The molecule has 1 aromatic heterocycles. The van der Waals surface area contributed by atoms with Crippen LogP contribution < -0.4 is 10.0 Å². The van der Waals surface area contributed by atoms with Crippen LogP contribution >= 0.6 is 0 Å². The number of piperazine rings is 1. The van der Waals surface area contributed by atoms with Crippen molar-refractivity contribution >= 4 is 33.5 Å². The van der Waals surface area contributed by atoms with E-state index in [1.807, 2.05) is 19.0 Å². The fourth-order valence-electron chi connectivity index (χ4n) is 4.10. The second-order valence-electron chi connectivity index (χ2n) is 9.49. The molecule has 0 radical (unpaired) electrons. The predicted octanol–water partition coefficient (Wildman–Crippen LogP) is 2.03. The molecule has 1 aliphatic rings. The van der Waals surface area contributed by atoms with Crippen LogP contribution in [0.3, 0.4) is 0 Å². The lowest BCUT2D eigenvalue weighted by molar-refractivity contribution is -0.130. The van der Waals surface area contributed by atoms with Crippen molar-refractivity contribution in [2.24, 2.45) is 0 Å². The number of aromatic nitrogens is 2. The summed E-state index contributed by atoms with van der Waals surface area (Å²) in [6.07, 6.45) is 1.62. The molecule has 0 bridgehead atoms. The number of benzene rings is 2. The normalized spacial score (nSPS) is 13.9. The third kappa shape index (κ3) is 7.37. The predicted molar refractivity (Wildman–Crippen MR) is 149 cm³/mol. The van der Waals surface area contributed by atoms with Gasteiger partial charge in [-0.3, -0.25) is 9.59 Å². The lowest BCUT2D eigenvalue weighted by Crippen LogP contribution is -2.50. The molecule has 39 heavy (non-hydrogen) atoms. The lowest BCUT2D eigenvalue weighted by atomic mass is 10.1. The fraction of sp³-hybridized carbons (Fsp3) is 0.333. The minimum absolute atomic E-state index is 0.0252. The summed E-state index contributed by atoms with van der Waals surface area (Å²) in [5.74, 6) is 0.326. The Balaban J connectivity index is 1.38. The third-order valence-electron chi connectivity index (χ3n) is 6.37. The zero-order chi connectivity index (χ0) is 28.0. The number of nitrogens with zero attached hydrogens (tertiary/aromatic N) is 5. The Morgan fingerprint density at radius 2 is 1.56 bits per heavy atom. The van der Waals surface area contributed by atoms with Crippen LogP contribution in [0, 0.1) is 0 Å². The van der Waals surface area contributed by atoms with E-state index < -0.39 is 10.0 Å². The third-order valence-corrected chi connectivity index (χ3v) is 7.84. The molecule has 2 heterocycles. The van der Waals surface area contributed by atoms with Crippen molar-refractivity contribution in [3.05, 3.63) is 66.4 Å². The molecule has 0 unspecified atom stereocenters. The van der Waals surface area contributed by atoms with Crippen LogP contribution in [-0.2, 0) is 14.8 Å². The molecule has 0 atom stereocenters. The Labute approximate surface area is 228 Å². The number of nitrogens with one attached hydrogen (secondary N) is 2. The highest BCUT2D eigenvalue weighted by molar-refractivity contribution is 7.89. The SMILES string of the molecule is CC(=O)N1CCN(C(=O)c2ccc(Nc3nccc(-c4ccc(S(=O)(=O)NCCN(C)C)cc4)n3)cc2)CC1. The Kier molecular flexibility index (Phi) is 8.90. The van der Waals surface area contributed by atoms with Gasteiger partial charge >= 0.3 is 0 Å². The summed E-state index contributed by atoms with van der Waals surface area (Å²) in [7, 11) is 0.171. The summed E-state index contributed by atoms with van der Waals surface area (Å²) in [5, 5.41) is 3.14. The monoisotopic (exact) mass is 551 g/mol. The first-order valence-electron chi connectivity index (χ1n) is 12.6. The Morgan fingerprint density at radius 1 is 0.923 bits per heavy atom. The molecule has 0 spiro atoms. The lowest BCUT2D eigenvalue weighted by Gasteiger charge is -2.34. The van der Waals surface area contributed by atoms with E-state index in [9.17, 15) is 18.0 Å². The van der Waals surface area contributed by atoms with Gasteiger partial charge in [0.1, 0.15) is 0 Å². The molecule has 2 aromatic carbocycles. The number of carbonyl (C=O) groups is 2. The quantitative estimate of drug-likeness (QED) is 0.414. The topological polar surface area (TPSA) is 128 Å². The summed E-state index contributed by atoms with van der Waals surface area (Å²) in [4.78, 5) is 38.8. The molecular weight excluding hydrogens is 518 g/mol. The molecule has 2 N–H and O–H groups in total. The van der Waals surface area contributed by atoms with Gasteiger partial charge in [-0.1, -0.05) is 12.1 Å². The fourth-order valence-corrected chi connectivity index (χ4v) is 5.12. The van der Waals surface area contributed by atoms with Gasteiger partial charge in [0.2, 0.25) is 21.9 Å². The first-order chi connectivity index (χ1) is 18.6. The van der Waals surface area contributed by atoms with E-state index in [0.717, 1.165) is 11.3 Å². The Hall–Kier alpha value is -3.87. The maximum absolute atomic E-state index is 12.8. The van der Waals surface area contributed by atoms with Gasteiger partial charge < -0.3 is 20.0 Å². The largest absolute Gasteiger partial charge is 0.339 e. The molecule has 1 saturated heterocycles. The summed E-state index contributed by atoms with van der Waals surface area (Å²) in [5.41, 5.74) is 2.67. The van der Waals surface area contributed by atoms with Crippen molar-refractivity contribution in [2.75, 3.05) is 58.7 Å². The zero-order valence-electron chi connectivity index (χ0n) is 22.3. The number of sulfonamides is 1. The van der Waals surface area contributed by atoms with E-state index >= 15 is 0 Å². The van der Waals surface area contributed by atoms with Crippen LogP contribution in [0.1, 0.15) is 17.3 Å². The smallest absolute Gasteiger partial charge is 0.253 e. The van der Waals surface area contributed by atoms with Crippen LogP contribution in [0.15, 0.2) is 65.7 Å². The minimum Gasteiger partial charge on any atom is -0.339 e. The molecule has 12 heteroatoms. The van der Waals surface area contributed by atoms with E-state index in [1.54, 1.807) is 70.6 Å². The number of hydrogen-bond acceptors (Lipinski definition) is 8. The minimum atomic E-state index is -3.59. The van der Waals surface area contributed by atoms with E-state index in [4.69, 9.17) is 0 Å². The number of hydrogen-bond donors (Lipinski definition) is 2. The van der Waals surface area contributed by atoms with Gasteiger partial charge in [-0.2, -0.15) is 0 Å². The second kappa shape index (κ2) is 12.3. The average Bonchev–Trinajstić information content (AvgIpc) is 2.93. The summed E-state index contributed by atoms with van der Waals surface area (Å²) >= 11 is 0. The highest BCUT2D eigenvalue weighted by Crippen LogP contribution is 2.22. The van der Waals surface area contributed by atoms with Crippen molar-refractivity contribution < 1.29 is 18.0 Å². The second-order valence-corrected chi connectivity index (χ2v) is 11.3. The number of anilines is 2. The van der Waals surface area contributed by atoms with Gasteiger partial charge in [-0.25, -0.2) is 23.1 Å². The number of rotatable bonds is 9. The van der Waals surface area contributed by atoms with Crippen LogP contribution in [0.2, 0.25) is 0 Å². The Morgan fingerprint density at radius 3 is 2.18 bits per heavy atom. The number of amides is 2. The number of likely N-dealkylation sites (N-methyl/N-ethyl adjacent to an activating group) is 1.